The Kier molecular flexibility index (Phi) is 12.4. The molecule has 2 rings (SSSR count). The molecule has 0 radical (unpaired) electrons. The minimum Gasteiger partial charge on any atom is -0.480 e. The quantitative estimate of drug-likeness (QED) is 0.123. The Labute approximate surface area is 216 Å². The van der Waals surface area contributed by atoms with Gasteiger partial charge in [-0.1, -0.05) is 12.8 Å². The molecule has 0 saturated heterocycles. The molecule has 0 bridgehead atoms. The Bertz CT molecular complexity index is 798. The van der Waals surface area contributed by atoms with Crippen LogP contribution in [0.1, 0.15) is 78.1 Å². The number of aliphatic carboxylic acids is 1. The van der Waals surface area contributed by atoms with Crippen molar-refractivity contribution in [3.63, 3.8) is 0 Å². The Morgan fingerprint density at radius 2 is 1.30 bits per heavy atom. The molecule has 0 heterocycles. The summed E-state index contributed by atoms with van der Waals surface area (Å²) >= 11 is 0. The SMILES string of the molecule is CC(OC(=O)OC1CCCCC1)OP(=O)(N=C(N)N(C)CC(=O)O)OC(C)OC(=O)OC1CCCCC1. The van der Waals surface area contributed by atoms with Gasteiger partial charge in [-0.25, -0.2) is 23.2 Å². The summed E-state index contributed by atoms with van der Waals surface area (Å²) in [5.74, 6) is -1.72. The van der Waals surface area contributed by atoms with Crippen molar-refractivity contribution in [1.29, 1.82) is 0 Å². The second-order valence-electron chi connectivity index (χ2n) is 9.01. The lowest BCUT2D eigenvalue weighted by molar-refractivity contribution is -0.137. The van der Waals surface area contributed by atoms with E-state index in [0.717, 1.165) is 43.4 Å². The van der Waals surface area contributed by atoms with Gasteiger partial charge in [0.1, 0.15) is 18.8 Å². The van der Waals surface area contributed by atoms with Crippen molar-refractivity contribution in [3.05, 3.63) is 0 Å². The summed E-state index contributed by atoms with van der Waals surface area (Å²) in [7, 11) is -3.33. The molecule has 2 aliphatic carbocycles. The molecule has 0 spiro atoms. The van der Waals surface area contributed by atoms with Crippen molar-refractivity contribution in [2.24, 2.45) is 10.5 Å². The monoisotopic (exact) mass is 551 g/mol. The van der Waals surface area contributed by atoms with E-state index in [1.165, 1.54) is 20.9 Å². The Morgan fingerprint density at radius 3 is 1.68 bits per heavy atom. The number of nitrogens with two attached hydrogens (primary N) is 1. The lowest BCUT2D eigenvalue weighted by Crippen LogP contribution is -2.37. The van der Waals surface area contributed by atoms with Crippen molar-refractivity contribution < 1.29 is 52.1 Å². The van der Waals surface area contributed by atoms with Gasteiger partial charge in [-0.2, -0.15) is 0 Å². The first-order chi connectivity index (χ1) is 17.5. The predicted molar refractivity (Wildman–Crippen MR) is 129 cm³/mol. The summed E-state index contributed by atoms with van der Waals surface area (Å²) in [5.41, 5.74) is 5.77. The van der Waals surface area contributed by atoms with Crippen LogP contribution in [0.5, 0.6) is 0 Å². The van der Waals surface area contributed by atoms with Crippen molar-refractivity contribution in [2.75, 3.05) is 13.6 Å². The molecule has 2 fully saturated rings. The smallest absolute Gasteiger partial charge is 0.480 e. The minimum atomic E-state index is -4.62. The van der Waals surface area contributed by atoms with Crippen LogP contribution >= 0.6 is 7.75 Å². The van der Waals surface area contributed by atoms with Gasteiger partial charge in [0.15, 0.2) is 0 Å². The molecule has 2 atom stereocenters. The molecule has 212 valence electrons. The van der Waals surface area contributed by atoms with Gasteiger partial charge >= 0.3 is 26.0 Å². The first-order valence-corrected chi connectivity index (χ1v) is 14.0. The molecule has 37 heavy (non-hydrogen) atoms. The van der Waals surface area contributed by atoms with Crippen LogP contribution in [0.2, 0.25) is 0 Å². The van der Waals surface area contributed by atoms with Gasteiger partial charge < -0.3 is 34.7 Å². The highest BCUT2D eigenvalue weighted by molar-refractivity contribution is 7.52. The summed E-state index contributed by atoms with van der Waals surface area (Å²) in [4.78, 5) is 36.2. The topological polar surface area (TPSA) is 186 Å². The highest BCUT2D eigenvalue weighted by atomic mass is 31.2. The molecule has 2 saturated carbocycles. The van der Waals surface area contributed by atoms with Gasteiger partial charge in [0.25, 0.3) is 0 Å². The molecule has 15 heteroatoms. The Morgan fingerprint density at radius 1 is 0.892 bits per heavy atom. The minimum absolute atomic E-state index is 0.279. The summed E-state index contributed by atoms with van der Waals surface area (Å²) in [6, 6.07) is 0. The fraction of sp³-hybridized carbons (Fsp3) is 0.818. The van der Waals surface area contributed by atoms with Crippen LogP contribution in [0.3, 0.4) is 0 Å². The second-order valence-corrected chi connectivity index (χ2v) is 10.6. The number of guanidine groups is 1. The molecule has 0 amide bonds. The van der Waals surface area contributed by atoms with Crippen LogP contribution in [0, 0.1) is 0 Å². The fourth-order valence-corrected chi connectivity index (χ4v) is 5.32. The Balaban J connectivity index is 2.03. The van der Waals surface area contributed by atoms with Gasteiger partial charge in [0, 0.05) is 7.05 Å². The van der Waals surface area contributed by atoms with Crippen molar-refractivity contribution in [2.45, 2.75) is 103 Å². The first-order valence-electron chi connectivity index (χ1n) is 12.5. The molecule has 3 N–H and O–H groups in total. The lowest BCUT2D eigenvalue weighted by atomic mass is 9.98. The third kappa shape index (κ3) is 12.0. The molecule has 14 nitrogen and oxygen atoms in total. The van der Waals surface area contributed by atoms with Gasteiger partial charge in [0.05, 0.1) is 0 Å². The number of carboxylic acid groups (broad SMARTS) is 1. The van der Waals surface area contributed by atoms with Crippen LogP contribution in [-0.4, -0.2) is 72.6 Å². The third-order valence-corrected chi connectivity index (χ3v) is 7.28. The average Bonchev–Trinajstić information content (AvgIpc) is 2.79. The van der Waals surface area contributed by atoms with Crippen LogP contribution in [0.15, 0.2) is 4.76 Å². The number of carbonyl (C=O) groups excluding carboxylic acids is 2. The van der Waals surface area contributed by atoms with Gasteiger partial charge in [-0.15, -0.1) is 4.76 Å². The van der Waals surface area contributed by atoms with E-state index in [1.807, 2.05) is 0 Å². The van der Waals surface area contributed by atoms with Crippen LogP contribution in [-0.2, 0) is 37.4 Å². The molecule has 2 unspecified atom stereocenters. The largest absolute Gasteiger partial charge is 0.510 e. The first kappa shape index (κ1) is 30.7. The predicted octanol–water partition coefficient (Wildman–Crippen LogP) is 4.12. The van der Waals surface area contributed by atoms with Gasteiger partial charge in [-0.3, -0.25) is 4.79 Å². The Hall–Kier alpha value is -2.57. The summed E-state index contributed by atoms with van der Waals surface area (Å²) in [6.07, 6.45) is 3.21. The maximum absolute atomic E-state index is 13.4. The highest BCUT2D eigenvalue weighted by Crippen LogP contribution is 2.52. The zero-order chi connectivity index (χ0) is 27.4. The molecule has 2 aliphatic rings. The lowest BCUT2D eigenvalue weighted by Gasteiger charge is -2.25. The molecule has 0 aromatic rings. The summed E-state index contributed by atoms with van der Waals surface area (Å²) < 4.78 is 48.2. The number of carboxylic acids is 1. The average molecular weight is 552 g/mol. The number of ether oxygens (including phenoxy) is 4. The maximum Gasteiger partial charge on any atom is 0.510 e. The molecular weight excluding hydrogens is 513 g/mol. The number of hydrogen-bond acceptors (Lipinski definition) is 10. The van der Waals surface area contributed by atoms with Crippen LogP contribution in [0.25, 0.3) is 0 Å². The molecule has 0 aromatic heterocycles. The van der Waals surface area contributed by atoms with E-state index in [2.05, 4.69) is 4.76 Å². The number of likely N-dealkylation sites (N-methyl/N-ethyl adjacent to an activating group) is 1. The summed E-state index contributed by atoms with van der Waals surface area (Å²) in [6.45, 7) is 1.95. The molecule has 0 aromatic carbocycles. The van der Waals surface area contributed by atoms with E-state index in [1.54, 1.807) is 0 Å². The fourth-order valence-electron chi connectivity index (χ4n) is 3.94. The van der Waals surface area contributed by atoms with Crippen LogP contribution < -0.4 is 5.73 Å². The highest BCUT2D eigenvalue weighted by Gasteiger charge is 2.35. The van der Waals surface area contributed by atoms with E-state index in [-0.39, 0.29) is 12.2 Å². The van der Waals surface area contributed by atoms with Crippen molar-refractivity contribution in [1.82, 2.24) is 4.90 Å². The normalized spacial score (nSPS) is 20.7. The van der Waals surface area contributed by atoms with Gasteiger partial charge in [-0.05, 0) is 65.2 Å². The number of nitrogens with zero attached hydrogens (tertiary/aromatic N) is 2. The number of carbonyl (C=O) groups is 3. The molecular formula is C22H38N3O11P. The van der Waals surface area contributed by atoms with Crippen LogP contribution in [0.4, 0.5) is 9.59 Å². The second kappa shape index (κ2) is 15.0. The standard InChI is InChI=1S/C22H38N3O11P/c1-15(31-21(28)33-17-10-6-4-7-11-17)35-37(30,24-20(23)25(3)14-19(26)27)36-16(2)32-22(29)34-18-12-8-5-9-13-18/h15-18H,4-14H2,1-3H3,(H,26,27)(H2,23,24,30). The van der Waals surface area contributed by atoms with Crippen molar-refractivity contribution >= 4 is 32.0 Å². The van der Waals surface area contributed by atoms with E-state index in [0.29, 0.717) is 25.7 Å². The third-order valence-electron chi connectivity index (χ3n) is 5.71. The molecule has 0 aliphatic heterocycles. The number of rotatable bonds is 11. The van der Waals surface area contributed by atoms with Gasteiger partial charge in [0.2, 0.25) is 18.5 Å². The van der Waals surface area contributed by atoms with E-state index >= 15 is 0 Å². The maximum atomic E-state index is 13.4. The van der Waals surface area contributed by atoms with E-state index in [4.69, 9.17) is 38.8 Å². The van der Waals surface area contributed by atoms with Crippen molar-refractivity contribution in [3.8, 4) is 0 Å². The van der Waals surface area contributed by atoms with E-state index in [9.17, 15) is 18.9 Å². The zero-order valence-corrected chi connectivity index (χ0v) is 22.4. The summed E-state index contributed by atoms with van der Waals surface area (Å²) in [5, 5.41) is 8.96. The zero-order valence-electron chi connectivity index (χ0n) is 21.5. The number of hydrogen-bond donors (Lipinski definition) is 2. The van der Waals surface area contributed by atoms with E-state index < -0.39 is 51.1 Å².